The number of carbonyl (C=O) groups excluding carboxylic acids is 1. The molecule has 2 saturated heterocycles. The fraction of sp³-hybridized carbons (Fsp3) is 0.286. The van der Waals surface area contributed by atoms with E-state index in [1.807, 2.05) is 48.5 Å². The minimum absolute atomic E-state index is 0.102. The molecule has 2 fully saturated rings. The van der Waals surface area contributed by atoms with Gasteiger partial charge < -0.3 is 15.2 Å². The zero-order chi connectivity index (χ0) is 17.7. The van der Waals surface area contributed by atoms with E-state index in [1.54, 1.807) is 0 Å². The number of nitrogens with zero attached hydrogens (tertiary/aromatic N) is 1. The van der Waals surface area contributed by atoms with Crippen LogP contribution in [0.3, 0.4) is 0 Å². The summed E-state index contributed by atoms with van der Waals surface area (Å²) in [5.41, 5.74) is 3.60. The molecule has 2 aliphatic heterocycles. The Balaban J connectivity index is 1.69. The summed E-state index contributed by atoms with van der Waals surface area (Å²) >= 11 is 6.25. The van der Waals surface area contributed by atoms with E-state index in [1.165, 1.54) is 0 Å². The van der Waals surface area contributed by atoms with Gasteiger partial charge in [0.25, 0.3) is 5.91 Å². The van der Waals surface area contributed by atoms with Crippen molar-refractivity contribution in [2.75, 3.05) is 13.1 Å². The lowest BCUT2D eigenvalue weighted by Gasteiger charge is -2.35. The monoisotopic (exact) mass is 365 g/mol. The van der Waals surface area contributed by atoms with Gasteiger partial charge in [-0.15, -0.1) is 0 Å². The second-order valence-corrected chi connectivity index (χ2v) is 7.62. The Hall–Kier alpha value is -2.30. The van der Waals surface area contributed by atoms with Crippen molar-refractivity contribution in [3.05, 3.63) is 59.2 Å². The van der Waals surface area contributed by atoms with Crippen LogP contribution < -0.4 is 5.32 Å². The molecule has 0 saturated carbocycles. The maximum atomic E-state index is 13.5. The molecule has 2 aliphatic rings. The summed E-state index contributed by atoms with van der Waals surface area (Å²) < 4.78 is 0. The molecule has 2 N–H and O–H groups in total. The maximum absolute atomic E-state index is 13.5. The molecule has 5 heteroatoms. The Morgan fingerprint density at radius 1 is 1.04 bits per heavy atom. The van der Waals surface area contributed by atoms with Gasteiger partial charge in [-0.25, -0.2) is 0 Å². The lowest BCUT2D eigenvalue weighted by atomic mass is 10.0. The van der Waals surface area contributed by atoms with Gasteiger partial charge in [0.2, 0.25) is 0 Å². The van der Waals surface area contributed by atoms with Gasteiger partial charge in [-0.2, -0.15) is 0 Å². The third-order valence-corrected chi connectivity index (χ3v) is 5.89. The van der Waals surface area contributed by atoms with E-state index in [-0.39, 0.29) is 5.91 Å². The molecular weight excluding hydrogens is 346 g/mol. The molecule has 1 aromatic heterocycles. The molecule has 132 valence electrons. The van der Waals surface area contributed by atoms with Crippen LogP contribution in [0.5, 0.6) is 0 Å². The third kappa shape index (κ3) is 2.44. The molecular formula is C21H20ClN3O. The molecule has 0 spiro atoms. The summed E-state index contributed by atoms with van der Waals surface area (Å²) in [5, 5.41) is 5.11. The molecule has 2 atom stereocenters. The SMILES string of the molecule is O=C(c1[nH]c2ccc(Cl)cc2c1-c1ccccc1)N1[C@@H]2CC[C@H]1CNC2. The largest absolute Gasteiger partial charge is 0.350 e. The fourth-order valence-electron chi connectivity index (χ4n) is 4.47. The van der Waals surface area contributed by atoms with Crippen LogP contribution in [0.25, 0.3) is 22.0 Å². The summed E-state index contributed by atoms with van der Waals surface area (Å²) in [7, 11) is 0. The highest BCUT2D eigenvalue weighted by Crippen LogP contribution is 2.37. The zero-order valence-corrected chi connectivity index (χ0v) is 15.1. The average Bonchev–Trinajstić information content (AvgIpc) is 3.16. The molecule has 0 unspecified atom stereocenters. The Kier molecular flexibility index (Phi) is 3.76. The van der Waals surface area contributed by atoms with Crippen molar-refractivity contribution in [3.63, 3.8) is 0 Å². The zero-order valence-electron chi connectivity index (χ0n) is 14.3. The number of hydrogen-bond donors (Lipinski definition) is 2. The van der Waals surface area contributed by atoms with Gasteiger partial charge in [-0.1, -0.05) is 41.9 Å². The lowest BCUT2D eigenvalue weighted by molar-refractivity contribution is 0.0615. The van der Waals surface area contributed by atoms with Crippen LogP contribution in [0.4, 0.5) is 0 Å². The Bertz CT molecular complexity index is 966. The number of aromatic amines is 1. The molecule has 2 aromatic carbocycles. The Morgan fingerprint density at radius 3 is 2.50 bits per heavy atom. The predicted molar refractivity (Wildman–Crippen MR) is 105 cm³/mol. The first-order valence-corrected chi connectivity index (χ1v) is 9.50. The molecule has 26 heavy (non-hydrogen) atoms. The summed E-state index contributed by atoms with van der Waals surface area (Å²) in [6.07, 6.45) is 2.16. The standard InChI is InChI=1S/C21H20ClN3O/c22-14-6-9-18-17(10-14)19(13-4-2-1-3-5-13)20(24-18)21(26)25-15-7-8-16(25)12-23-11-15/h1-6,9-10,15-16,23-24H,7-8,11-12H2/t15-,16+. The normalized spacial score (nSPS) is 22.1. The van der Waals surface area contributed by atoms with Crippen LogP contribution in [0.1, 0.15) is 23.3 Å². The van der Waals surface area contributed by atoms with Gasteiger partial charge in [0.05, 0.1) is 0 Å². The Morgan fingerprint density at radius 2 is 1.77 bits per heavy atom. The molecule has 0 aliphatic carbocycles. The fourth-order valence-corrected chi connectivity index (χ4v) is 4.64. The van der Waals surface area contributed by atoms with E-state index in [0.29, 0.717) is 22.8 Å². The first-order chi connectivity index (χ1) is 12.7. The van der Waals surface area contributed by atoms with Gasteiger partial charge in [-0.05, 0) is 36.6 Å². The van der Waals surface area contributed by atoms with Crippen LogP contribution in [0.2, 0.25) is 5.02 Å². The average molecular weight is 366 g/mol. The van der Waals surface area contributed by atoms with Crippen molar-refractivity contribution in [1.29, 1.82) is 0 Å². The second-order valence-electron chi connectivity index (χ2n) is 7.19. The van der Waals surface area contributed by atoms with E-state index >= 15 is 0 Å². The van der Waals surface area contributed by atoms with Gasteiger partial charge in [0, 0.05) is 46.7 Å². The van der Waals surface area contributed by atoms with Gasteiger partial charge in [0.15, 0.2) is 0 Å². The number of nitrogens with one attached hydrogen (secondary N) is 2. The maximum Gasteiger partial charge on any atom is 0.271 e. The summed E-state index contributed by atoms with van der Waals surface area (Å²) in [6, 6.07) is 16.4. The highest BCUT2D eigenvalue weighted by Gasteiger charge is 2.41. The topological polar surface area (TPSA) is 48.1 Å². The summed E-state index contributed by atoms with van der Waals surface area (Å²) in [5.74, 6) is 0.102. The number of halogens is 1. The first kappa shape index (κ1) is 15.9. The molecule has 0 radical (unpaired) electrons. The molecule has 4 nitrogen and oxygen atoms in total. The minimum atomic E-state index is 0.102. The van der Waals surface area contributed by atoms with Crippen molar-refractivity contribution < 1.29 is 4.79 Å². The van der Waals surface area contributed by atoms with Crippen LogP contribution in [0.15, 0.2) is 48.5 Å². The molecule has 1 amide bonds. The molecule has 2 bridgehead atoms. The van der Waals surface area contributed by atoms with E-state index in [4.69, 9.17) is 11.6 Å². The quantitative estimate of drug-likeness (QED) is 0.719. The lowest BCUT2D eigenvalue weighted by Crippen LogP contribution is -2.54. The van der Waals surface area contributed by atoms with Crippen molar-refractivity contribution in [1.82, 2.24) is 15.2 Å². The highest BCUT2D eigenvalue weighted by atomic mass is 35.5. The predicted octanol–water partition coefficient (Wildman–Crippen LogP) is 4.06. The van der Waals surface area contributed by atoms with E-state index < -0.39 is 0 Å². The van der Waals surface area contributed by atoms with E-state index in [9.17, 15) is 4.79 Å². The van der Waals surface area contributed by atoms with Crippen molar-refractivity contribution in [2.45, 2.75) is 24.9 Å². The molecule has 5 rings (SSSR count). The molecule has 3 heterocycles. The minimum Gasteiger partial charge on any atom is -0.350 e. The number of aromatic nitrogens is 1. The number of benzene rings is 2. The van der Waals surface area contributed by atoms with Crippen molar-refractivity contribution in [2.24, 2.45) is 0 Å². The van der Waals surface area contributed by atoms with E-state index in [0.717, 1.165) is 48.0 Å². The van der Waals surface area contributed by atoms with Crippen LogP contribution >= 0.6 is 11.6 Å². The third-order valence-electron chi connectivity index (χ3n) is 5.65. The number of piperazine rings is 1. The van der Waals surface area contributed by atoms with Crippen LogP contribution in [-0.4, -0.2) is 41.0 Å². The number of carbonyl (C=O) groups is 1. The number of rotatable bonds is 2. The number of fused-ring (bicyclic) bond motifs is 3. The van der Waals surface area contributed by atoms with E-state index in [2.05, 4.69) is 15.2 Å². The van der Waals surface area contributed by atoms with Crippen LogP contribution in [-0.2, 0) is 0 Å². The molecule has 3 aromatic rings. The second kappa shape index (κ2) is 6.15. The van der Waals surface area contributed by atoms with Gasteiger partial charge in [0.1, 0.15) is 5.69 Å². The first-order valence-electron chi connectivity index (χ1n) is 9.12. The highest BCUT2D eigenvalue weighted by molar-refractivity contribution is 6.31. The Labute approximate surface area is 157 Å². The number of amides is 1. The summed E-state index contributed by atoms with van der Waals surface area (Å²) in [4.78, 5) is 19.0. The smallest absolute Gasteiger partial charge is 0.271 e. The number of H-pyrrole nitrogens is 1. The summed E-state index contributed by atoms with van der Waals surface area (Å²) in [6.45, 7) is 1.77. The van der Waals surface area contributed by atoms with Crippen LogP contribution in [0, 0.1) is 0 Å². The van der Waals surface area contributed by atoms with Crippen molar-refractivity contribution >= 4 is 28.4 Å². The van der Waals surface area contributed by atoms with Crippen molar-refractivity contribution in [3.8, 4) is 11.1 Å². The van der Waals surface area contributed by atoms with Gasteiger partial charge in [-0.3, -0.25) is 4.79 Å². The van der Waals surface area contributed by atoms with Gasteiger partial charge >= 0.3 is 0 Å². The number of hydrogen-bond acceptors (Lipinski definition) is 2.